The summed E-state index contributed by atoms with van der Waals surface area (Å²) in [5.41, 5.74) is 2.55. The molecule has 0 fully saturated rings. The molecule has 0 radical (unpaired) electrons. The van der Waals surface area contributed by atoms with Gasteiger partial charge < -0.3 is 10.6 Å². The summed E-state index contributed by atoms with van der Waals surface area (Å²) in [6.07, 6.45) is 0. The van der Waals surface area contributed by atoms with E-state index in [2.05, 4.69) is 26.6 Å². The van der Waals surface area contributed by atoms with Crippen LogP contribution < -0.4 is 10.6 Å². The lowest BCUT2D eigenvalue weighted by Crippen LogP contribution is -2.22. The van der Waals surface area contributed by atoms with E-state index in [0.717, 1.165) is 21.4 Å². The van der Waals surface area contributed by atoms with Crippen LogP contribution in [-0.2, 0) is 4.79 Å². The third kappa shape index (κ3) is 3.99. The van der Waals surface area contributed by atoms with Crippen molar-refractivity contribution in [1.82, 2.24) is 0 Å². The first-order valence-electron chi connectivity index (χ1n) is 6.10. The van der Waals surface area contributed by atoms with Crippen molar-refractivity contribution in [3.8, 4) is 0 Å². The largest absolute Gasteiger partial charge is 0.375 e. The number of amides is 1. The van der Waals surface area contributed by atoms with Crippen molar-refractivity contribution >= 4 is 44.8 Å². The molecule has 104 valence electrons. The number of anilines is 2. The fourth-order valence-electron chi connectivity index (χ4n) is 1.80. The maximum Gasteiger partial charge on any atom is 0.243 e. The first-order valence-corrected chi connectivity index (χ1v) is 7.28. The molecule has 0 heterocycles. The molecule has 0 aromatic heterocycles. The summed E-state index contributed by atoms with van der Waals surface area (Å²) in [5, 5.41) is 6.49. The summed E-state index contributed by atoms with van der Waals surface area (Å²) in [5.74, 6) is -0.123. The lowest BCUT2D eigenvalue weighted by Gasteiger charge is -2.11. The highest BCUT2D eigenvalue weighted by Gasteiger charge is 2.06. The molecule has 0 atom stereocenters. The third-order valence-electron chi connectivity index (χ3n) is 2.76. The monoisotopic (exact) mass is 352 g/mol. The van der Waals surface area contributed by atoms with Crippen LogP contribution in [0, 0.1) is 6.92 Å². The number of para-hydroxylation sites is 1. The minimum absolute atomic E-state index is 0.123. The zero-order valence-electron chi connectivity index (χ0n) is 10.9. The molecule has 2 aromatic rings. The van der Waals surface area contributed by atoms with Gasteiger partial charge in [-0.2, -0.15) is 0 Å². The molecule has 1 amide bonds. The van der Waals surface area contributed by atoms with Gasteiger partial charge in [-0.15, -0.1) is 0 Å². The molecular formula is C15H14BrClN2O. The second-order valence-electron chi connectivity index (χ2n) is 4.34. The number of nitrogens with one attached hydrogen (secondary N) is 2. The first kappa shape index (κ1) is 14.9. The van der Waals surface area contributed by atoms with E-state index in [9.17, 15) is 4.79 Å². The lowest BCUT2D eigenvalue weighted by atomic mass is 10.2. The summed E-state index contributed by atoms with van der Waals surface area (Å²) >= 11 is 9.46. The van der Waals surface area contributed by atoms with Crippen LogP contribution in [0.25, 0.3) is 0 Å². The minimum atomic E-state index is -0.123. The molecule has 0 unspecified atom stereocenters. The Bertz CT molecular complexity index is 611. The average molecular weight is 354 g/mol. The Labute approximate surface area is 131 Å². The van der Waals surface area contributed by atoms with E-state index < -0.39 is 0 Å². The van der Waals surface area contributed by atoms with Gasteiger partial charge in [0, 0.05) is 10.2 Å². The Morgan fingerprint density at radius 3 is 2.70 bits per heavy atom. The van der Waals surface area contributed by atoms with Gasteiger partial charge in [0.15, 0.2) is 0 Å². The molecule has 0 saturated heterocycles. The first-order chi connectivity index (χ1) is 9.56. The van der Waals surface area contributed by atoms with Crippen LogP contribution in [0.1, 0.15) is 5.56 Å². The summed E-state index contributed by atoms with van der Waals surface area (Å²) in [6.45, 7) is 2.11. The molecule has 2 N–H and O–H groups in total. The van der Waals surface area contributed by atoms with E-state index in [1.807, 2.05) is 43.3 Å². The SMILES string of the molecule is Cc1cccc(Cl)c1NCC(=O)Nc1cccc(Br)c1. The van der Waals surface area contributed by atoms with E-state index in [4.69, 9.17) is 11.6 Å². The molecule has 5 heteroatoms. The highest BCUT2D eigenvalue weighted by Crippen LogP contribution is 2.24. The van der Waals surface area contributed by atoms with Gasteiger partial charge in [-0.25, -0.2) is 0 Å². The summed E-state index contributed by atoms with van der Waals surface area (Å²) < 4.78 is 0.921. The number of hydrogen-bond acceptors (Lipinski definition) is 2. The molecule has 0 aliphatic carbocycles. The second kappa shape index (κ2) is 6.77. The Kier molecular flexibility index (Phi) is 5.04. The molecule has 0 aliphatic heterocycles. The zero-order chi connectivity index (χ0) is 14.5. The molecular weight excluding hydrogens is 340 g/mol. The van der Waals surface area contributed by atoms with Crippen LogP contribution in [-0.4, -0.2) is 12.5 Å². The number of carbonyl (C=O) groups excluding carboxylic acids is 1. The lowest BCUT2D eigenvalue weighted by molar-refractivity contribution is -0.114. The Balaban J connectivity index is 1.96. The topological polar surface area (TPSA) is 41.1 Å². The van der Waals surface area contributed by atoms with E-state index >= 15 is 0 Å². The molecule has 3 nitrogen and oxygen atoms in total. The molecule has 0 aliphatic rings. The van der Waals surface area contributed by atoms with Gasteiger partial charge in [0.1, 0.15) is 0 Å². The number of carbonyl (C=O) groups is 1. The predicted octanol–water partition coefficient (Wildman–Crippen LogP) is 4.46. The summed E-state index contributed by atoms with van der Waals surface area (Å²) in [4.78, 5) is 11.9. The predicted molar refractivity (Wildman–Crippen MR) is 87.5 cm³/mol. The molecule has 0 bridgehead atoms. The fourth-order valence-corrected chi connectivity index (χ4v) is 2.48. The highest BCUT2D eigenvalue weighted by atomic mass is 79.9. The van der Waals surface area contributed by atoms with Crippen LogP contribution in [0.4, 0.5) is 11.4 Å². The van der Waals surface area contributed by atoms with Crippen LogP contribution in [0.2, 0.25) is 5.02 Å². The van der Waals surface area contributed by atoms with Gasteiger partial charge in [0.2, 0.25) is 5.91 Å². The second-order valence-corrected chi connectivity index (χ2v) is 5.67. The van der Waals surface area contributed by atoms with Crippen molar-refractivity contribution in [2.45, 2.75) is 6.92 Å². The number of benzene rings is 2. The number of aryl methyl sites for hydroxylation is 1. The van der Waals surface area contributed by atoms with Crippen molar-refractivity contribution < 1.29 is 4.79 Å². The normalized spacial score (nSPS) is 10.2. The van der Waals surface area contributed by atoms with Crippen LogP contribution in [0.15, 0.2) is 46.9 Å². The van der Waals surface area contributed by atoms with Crippen LogP contribution in [0.5, 0.6) is 0 Å². The number of hydrogen-bond donors (Lipinski definition) is 2. The molecule has 0 saturated carbocycles. The molecule has 2 aromatic carbocycles. The van der Waals surface area contributed by atoms with Gasteiger partial charge in [0.05, 0.1) is 17.3 Å². The fraction of sp³-hybridized carbons (Fsp3) is 0.133. The maximum atomic E-state index is 11.9. The van der Waals surface area contributed by atoms with Crippen LogP contribution >= 0.6 is 27.5 Å². The molecule has 20 heavy (non-hydrogen) atoms. The van der Waals surface area contributed by atoms with Gasteiger partial charge in [-0.05, 0) is 36.8 Å². The van der Waals surface area contributed by atoms with E-state index in [1.165, 1.54) is 0 Å². The van der Waals surface area contributed by atoms with E-state index in [1.54, 1.807) is 6.07 Å². The standard InChI is InChI=1S/C15H14BrClN2O/c1-10-4-2-7-13(17)15(10)18-9-14(20)19-12-6-3-5-11(16)8-12/h2-8,18H,9H2,1H3,(H,19,20). The van der Waals surface area contributed by atoms with Crippen molar-refractivity contribution in [3.05, 3.63) is 57.5 Å². The number of rotatable bonds is 4. The molecule has 2 rings (SSSR count). The zero-order valence-corrected chi connectivity index (χ0v) is 13.3. The van der Waals surface area contributed by atoms with Crippen molar-refractivity contribution in [2.75, 3.05) is 17.2 Å². The van der Waals surface area contributed by atoms with Crippen molar-refractivity contribution in [3.63, 3.8) is 0 Å². The van der Waals surface area contributed by atoms with Gasteiger partial charge in [0.25, 0.3) is 0 Å². The highest BCUT2D eigenvalue weighted by molar-refractivity contribution is 9.10. The van der Waals surface area contributed by atoms with Gasteiger partial charge in [-0.1, -0.05) is 45.7 Å². The summed E-state index contributed by atoms with van der Waals surface area (Å²) in [6, 6.07) is 13.1. The number of halogens is 2. The Morgan fingerprint density at radius 2 is 2.00 bits per heavy atom. The molecule has 0 spiro atoms. The van der Waals surface area contributed by atoms with E-state index in [0.29, 0.717) is 5.02 Å². The Morgan fingerprint density at radius 1 is 1.25 bits per heavy atom. The van der Waals surface area contributed by atoms with E-state index in [-0.39, 0.29) is 12.5 Å². The van der Waals surface area contributed by atoms with Crippen molar-refractivity contribution in [2.24, 2.45) is 0 Å². The van der Waals surface area contributed by atoms with Crippen LogP contribution in [0.3, 0.4) is 0 Å². The maximum absolute atomic E-state index is 11.9. The smallest absolute Gasteiger partial charge is 0.243 e. The van der Waals surface area contributed by atoms with Crippen molar-refractivity contribution in [1.29, 1.82) is 0 Å². The third-order valence-corrected chi connectivity index (χ3v) is 3.56. The van der Waals surface area contributed by atoms with Gasteiger partial charge >= 0.3 is 0 Å². The average Bonchev–Trinajstić information content (AvgIpc) is 2.38. The summed E-state index contributed by atoms with van der Waals surface area (Å²) in [7, 11) is 0. The minimum Gasteiger partial charge on any atom is -0.375 e. The quantitative estimate of drug-likeness (QED) is 0.852. The Hall–Kier alpha value is -1.52. The van der Waals surface area contributed by atoms with Gasteiger partial charge in [-0.3, -0.25) is 4.79 Å².